The molecule has 3 N–H and O–H groups in total. The Hall–Kier alpha value is -1.18. The summed E-state index contributed by atoms with van der Waals surface area (Å²) >= 11 is 0. The van der Waals surface area contributed by atoms with E-state index in [0.717, 1.165) is 0 Å². The van der Waals surface area contributed by atoms with Gasteiger partial charge in [0.15, 0.2) is 11.5 Å². The van der Waals surface area contributed by atoms with Gasteiger partial charge in [-0.3, -0.25) is 4.79 Å². The second-order valence-corrected chi connectivity index (χ2v) is 7.50. The van der Waals surface area contributed by atoms with Crippen molar-refractivity contribution in [3.8, 4) is 0 Å². The highest BCUT2D eigenvalue weighted by atomic mass is 16.6. The molecular weight excluding hydrogens is 292 g/mol. The van der Waals surface area contributed by atoms with E-state index in [0.29, 0.717) is 6.42 Å². The van der Waals surface area contributed by atoms with Gasteiger partial charge >= 0.3 is 11.9 Å². The molecule has 2 bridgehead atoms. The molecule has 0 radical (unpaired) electrons. The monoisotopic (exact) mass is 312 g/mol. The molecule has 7 atom stereocenters. The lowest BCUT2D eigenvalue weighted by Gasteiger charge is -2.68. The lowest BCUT2D eigenvalue weighted by molar-refractivity contribution is -0.359. The highest BCUT2D eigenvalue weighted by molar-refractivity contribution is 5.88. The van der Waals surface area contributed by atoms with E-state index >= 15 is 0 Å². The number of rotatable bonds is 0. The smallest absolute Gasteiger partial charge is 0.336 e. The number of esters is 2. The predicted molar refractivity (Wildman–Crippen MR) is 70.3 cm³/mol. The summed E-state index contributed by atoms with van der Waals surface area (Å²) in [6, 6.07) is 0. The van der Waals surface area contributed by atoms with Gasteiger partial charge in [0.1, 0.15) is 18.3 Å². The molecule has 0 unspecified atom stereocenters. The molecule has 0 aromatic rings. The standard InChI is InChI=1S/C15H20O7/c1-7-3-4-15(20)13(7)5-8(22-10(17)9(13)16)12(2,19)14(15)6-21-11(14)18/h7-9,16,19-20H,3-6H2,1-2H3/t7-,8-,9+,12+,13+,14+,15-/m1/s1. The Morgan fingerprint density at radius 2 is 1.95 bits per heavy atom. The van der Waals surface area contributed by atoms with Crippen LogP contribution in [-0.4, -0.2) is 57.3 Å². The van der Waals surface area contributed by atoms with Gasteiger partial charge in [-0.05, 0) is 32.1 Å². The number of aliphatic hydroxyl groups excluding tert-OH is 1. The summed E-state index contributed by atoms with van der Waals surface area (Å²) in [6.45, 7) is 3.13. The topological polar surface area (TPSA) is 113 Å². The third-order valence-electron chi connectivity index (χ3n) is 7.05. The molecule has 0 aromatic heterocycles. The van der Waals surface area contributed by atoms with Crippen molar-refractivity contribution < 1.29 is 34.4 Å². The van der Waals surface area contributed by atoms with E-state index in [-0.39, 0.29) is 25.4 Å². The second kappa shape index (κ2) is 3.66. The fraction of sp³-hybridized carbons (Fsp3) is 0.867. The molecule has 7 heteroatoms. The molecular formula is C15H20O7. The summed E-state index contributed by atoms with van der Waals surface area (Å²) in [5.41, 5.74) is -6.17. The maximum atomic E-state index is 12.3. The van der Waals surface area contributed by atoms with E-state index < -0.39 is 46.2 Å². The Labute approximate surface area is 127 Å². The molecule has 122 valence electrons. The average Bonchev–Trinajstić information content (AvgIpc) is 2.68. The van der Waals surface area contributed by atoms with Gasteiger partial charge in [0.2, 0.25) is 0 Å². The van der Waals surface area contributed by atoms with Crippen LogP contribution >= 0.6 is 0 Å². The first-order valence-electron chi connectivity index (χ1n) is 7.66. The predicted octanol–water partition coefficient (Wildman–Crippen LogP) is -0.882. The zero-order chi connectivity index (χ0) is 16.1. The van der Waals surface area contributed by atoms with Crippen LogP contribution in [0.25, 0.3) is 0 Å². The molecule has 2 spiro atoms. The van der Waals surface area contributed by atoms with Crippen molar-refractivity contribution in [2.24, 2.45) is 16.7 Å². The summed E-state index contributed by atoms with van der Waals surface area (Å²) in [6.07, 6.45) is -1.53. The fourth-order valence-electron chi connectivity index (χ4n) is 5.60. The number of aliphatic hydroxyl groups is 3. The van der Waals surface area contributed by atoms with E-state index in [1.165, 1.54) is 6.92 Å². The average molecular weight is 312 g/mol. The first-order chi connectivity index (χ1) is 10.1. The third kappa shape index (κ3) is 1.07. The normalized spacial score (nSPS) is 59.6. The maximum absolute atomic E-state index is 12.3. The highest BCUT2D eigenvalue weighted by Gasteiger charge is 2.87. The molecule has 4 rings (SSSR count). The van der Waals surface area contributed by atoms with E-state index in [4.69, 9.17) is 9.47 Å². The Balaban J connectivity index is 2.01. The molecule has 2 heterocycles. The van der Waals surface area contributed by atoms with Gasteiger partial charge in [0.25, 0.3) is 0 Å². The summed E-state index contributed by atoms with van der Waals surface area (Å²) in [7, 11) is 0. The molecule has 2 aliphatic carbocycles. The minimum atomic E-state index is -1.74. The number of carbonyl (C=O) groups excluding carboxylic acids is 2. The summed E-state index contributed by atoms with van der Waals surface area (Å²) in [5.74, 6) is -1.70. The number of hydrogen-bond acceptors (Lipinski definition) is 7. The van der Waals surface area contributed by atoms with Crippen LogP contribution in [0.15, 0.2) is 0 Å². The first-order valence-corrected chi connectivity index (χ1v) is 7.66. The Morgan fingerprint density at radius 1 is 1.27 bits per heavy atom. The fourth-order valence-corrected chi connectivity index (χ4v) is 5.60. The summed E-state index contributed by atoms with van der Waals surface area (Å²) < 4.78 is 10.1. The van der Waals surface area contributed by atoms with Gasteiger partial charge < -0.3 is 24.8 Å². The lowest BCUT2D eigenvalue weighted by atomic mass is 9.42. The molecule has 2 saturated heterocycles. The van der Waals surface area contributed by atoms with Crippen LogP contribution in [0.4, 0.5) is 0 Å². The van der Waals surface area contributed by atoms with Crippen LogP contribution in [0.3, 0.4) is 0 Å². The van der Waals surface area contributed by atoms with Crippen molar-refractivity contribution in [1.82, 2.24) is 0 Å². The second-order valence-electron chi connectivity index (χ2n) is 7.50. The number of hydrogen-bond donors (Lipinski definition) is 3. The zero-order valence-electron chi connectivity index (χ0n) is 12.5. The van der Waals surface area contributed by atoms with Crippen molar-refractivity contribution in [2.45, 2.75) is 56.5 Å². The maximum Gasteiger partial charge on any atom is 0.336 e. The molecule has 2 saturated carbocycles. The van der Waals surface area contributed by atoms with Crippen molar-refractivity contribution >= 4 is 11.9 Å². The minimum absolute atomic E-state index is 0.134. The molecule has 7 nitrogen and oxygen atoms in total. The lowest BCUT2D eigenvalue weighted by Crippen LogP contribution is -2.86. The van der Waals surface area contributed by atoms with Crippen molar-refractivity contribution in [1.29, 1.82) is 0 Å². The van der Waals surface area contributed by atoms with E-state index in [9.17, 15) is 24.9 Å². The van der Waals surface area contributed by atoms with E-state index in [1.807, 2.05) is 6.92 Å². The Bertz CT molecular complexity index is 586. The van der Waals surface area contributed by atoms with Crippen molar-refractivity contribution in [3.63, 3.8) is 0 Å². The van der Waals surface area contributed by atoms with Crippen LogP contribution in [0, 0.1) is 16.7 Å². The Morgan fingerprint density at radius 3 is 2.50 bits per heavy atom. The minimum Gasteiger partial charge on any atom is -0.464 e. The largest absolute Gasteiger partial charge is 0.464 e. The quantitative estimate of drug-likeness (QED) is 0.498. The number of carbonyl (C=O) groups is 2. The Kier molecular flexibility index (Phi) is 2.40. The molecule has 0 aromatic carbocycles. The summed E-state index contributed by atoms with van der Waals surface area (Å²) in [5, 5.41) is 33.1. The van der Waals surface area contributed by atoms with Crippen LogP contribution in [0.5, 0.6) is 0 Å². The van der Waals surface area contributed by atoms with E-state index in [1.54, 1.807) is 0 Å². The summed E-state index contributed by atoms with van der Waals surface area (Å²) in [4.78, 5) is 24.4. The van der Waals surface area contributed by atoms with E-state index in [2.05, 4.69) is 0 Å². The van der Waals surface area contributed by atoms with Gasteiger partial charge in [-0.2, -0.15) is 0 Å². The molecule has 2 aliphatic heterocycles. The molecule has 22 heavy (non-hydrogen) atoms. The van der Waals surface area contributed by atoms with Crippen LogP contribution in [0.1, 0.15) is 33.1 Å². The van der Waals surface area contributed by atoms with Gasteiger partial charge in [-0.15, -0.1) is 0 Å². The van der Waals surface area contributed by atoms with Crippen LogP contribution in [-0.2, 0) is 19.1 Å². The first kappa shape index (κ1) is 14.4. The van der Waals surface area contributed by atoms with Crippen molar-refractivity contribution in [2.75, 3.05) is 6.61 Å². The third-order valence-corrected chi connectivity index (χ3v) is 7.05. The molecule has 4 fully saturated rings. The zero-order valence-corrected chi connectivity index (χ0v) is 12.5. The van der Waals surface area contributed by atoms with Crippen molar-refractivity contribution in [3.05, 3.63) is 0 Å². The van der Waals surface area contributed by atoms with Crippen LogP contribution in [0.2, 0.25) is 0 Å². The molecule has 0 amide bonds. The SMILES string of the molecule is C[C@@H]1CC[C@@]2(O)[C@@]13C[C@@H](OC(=O)[C@@H]3O)[C@](C)(O)[C@@]21COC1=O. The van der Waals surface area contributed by atoms with Gasteiger partial charge in [0, 0.05) is 5.41 Å². The highest BCUT2D eigenvalue weighted by Crippen LogP contribution is 2.72. The number of cyclic esters (lactones) is 1. The number of fused-ring (bicyclic) bond motifs is 2. The van der Waals surface area contributed by atoms with Gasteiger partial charge in [-0.1, -0.05) is 6.92 Å². The molecule has 4 aliphatic rings. The van der Waals surface area contributed by atoms with Gasteiger partial charge in [-0.25, -0.2) is 4.79 Å². The van der Waals surface area contributed by atoms with Gasteiger partial charge in [0.05, 0.1) is 5.60 Å². The number of ether oxygens (including phenoxy) is 2. The van der Waals surface area contributed by atoms with Crippen LogP contribution < -0.4 is 0 Å².